The monoisotopic (exact) mass is 403 g/mol. The lowest BCUT2D eigenvalue weighted by molar-refractivity contribution is -0.991. The molecule has 2 aliphatic heterocycles. The van der Waals surface area contributed by atoms with Crippen molar-refractivity contribution in [1.29, 1.82) is 0 Å². The zero-order valence-corrected chi connectivity index (χ0v) is 16.2. The zero-order chi connectivity index (χ0) is 20.5. The highest BCUT2D eigenvalue weighted by Crippen LogP contribution is 2.36. The van der Waals surface area contributed by atoms with Gasteiger partial charge in [-0.25, -0.2) is 5.21 Å². The molecular weight excluding hydrogens is 378 g/mol. The third kappa shape index (κ3) is 4.16. The molecule has 2 aromatic rings. The number of β-amino-alcohol motifs (C(OH)–C–C–N with tert-alkyl or cyclic N) is 1. The van der Waals surface area contributed by atoms with E-state index < -0.39 is 11.3 Å². The Balaban J connectivity index is 1.52. The van der Waals surface area contributed by atoms with Gasteiger partial charge in [-0.1, -0.05) is 17.3 Å². The summed E-state index contributed by atoms with van der Waals surface area (Å²) in [7, 11) is 0. The Morgan fingerprint density at radius 2 is 2.10 bits per heavy atom. The first kappa shape index (κ1) is 19.9. The van der Waals surface area contributed by atoms with Gasteiger partial charge in [-0.2, -0.15) is 10.2 Å². The van der Waals surface area contributed by atoms with Crippen molar-refractivity contribution in [2.45, 2.75) is 44.4 Å². The van der Waals surface area contributed by atoms with E-state index in [1.165, 1.54) is 12.1 Å². The summed E-state index contributed by atoms with van der Waals surface area (Å²) in [5.41, 5.74) is 0.726. The van der Waals surface area contributed by atoms with Gasteiger partial charge in [0.25, 0.3) is 0 Å². The summed E-state index contributed by atoms with van der Waals surface area (Å²) < 4.78 is 5.51. The number of hydrogen-bond donors (Lipinski definition) is 3. The fourth-order valence-electron chi connectivity index (χ4n) is 4.28. The Labute approximate surface area is 167 Å². The summed E-state index contributed by atoms with van der Waals surface area (Å²) in [4.78, 5) is 20.1. The first-order valence-corrected chi connectivity index (χ1v) is 9.79. The predicted octanol–water partition coefficient (Wildman–Crippen LogP) is 0.259. The van der Waals surface area contributed by atoms with Gasteiger partial charge >= 0.3 is 0 Å². The van der Waals surface area contributed by atoms with Crippen LogP contribution in [0, 0.1) is 5.21 Å². The molecule has 29 heavy (non-hydrogen) atoms. The molecule has 2 aliphatic rings. The van der Waals surface area contributed by atoms with Gasteiger partial charge in [0, 0.05) is 50.3 Å². The number of carbonyl (C=O) groups excluding carboxylic acids is 1. The average molecular weight is 403 g/mol. The molecule has 2 saturated heterocycles. The van der Waals surface area contributed by atoms with Gasteiger partial charge in [-0.05, 0) is 19.3 Å². The van der Waals surface area contributed by atoms with Crippen molar-refractivity contribution in [3.63, 3.8) is 0 Å². The molecule has 10 heteroatoms. The summed E-state index contributed by atoms with van der Waals surface area (Å²) in [5.74, 6) is 0.841. The normalized spacial score (nSPS) is 24.8. The first-order valence-electron chi connectivity index (χ1n) is 9.79. The van der Waals surface area contributed by atoms with Crippen LogP contribution in [0.5, 0.6) is 0 Å². The predicted molar refractivity (Wildman–Crippen MR) is 101 cm³/mol. The quantitative estimate of drug-likeness (QED) is 0.620. The van der Waals surface area contributed by atoms with Crippen molar-refractivity contribution in [2.24, 2.45) is 0 Å². The lowest BCUT2D eigenvalue weighted by Crippen LogP contribution is -2.99. The van der Waals surface area contributed by atoms with E-state index >= 15 is 0 Å². The Bertz CT molecular complexity index is 864. The number of carbonyl (C=O) groups is 1. The third-order valence-corrected chi connectivity index (χ3v) is 5.79. The topological polar surface area (TPSA) is 130 Å². The molecule has 3 atom stereocenters. The van der Waals surface area contributed by atoms with E-state index in [0.717, 1.165) is 12.8 Å². The smallest absolute Gasteiger partial charge is 0.244 e. The van der Waals surface area contributed by atoms with Gasteiger partial charge in [-0.3, -0.25) is 9.69 Å². The molecular formula is C19H25N5O5. The second-order valence-corrected chi connectivity index (χ2v) is 7.68. The Morgan fingerprint density at radius 3 is 2.79 bits per heavy atom. The van der Waals surface area contributed by atoms with E-state index in [1.54, 1.807) is 19.1 Å². The number of benzene rings is 1. The van der Waals surface area contributed by atoms with Crippen molar-refractivity contribution in [3.05, 3.63) is 35.4 Å². The zero-order valence-electron chi connectivity index (χ0n) is 16.2. The minimum atomic E-state index is -1.02. The number of amides is 1. The number of likely N-dealkylation sites (tertiary alicyclic amines) is 2. The highest BCUT2D eigenvalue weighted by Gasteiger charge is 2.40. The molecule has 10 nitrogen and oxygen atoms in total. The van der Waals surface area contributed by atoms with Crippen LogP contribution in [0.4, 0.5) is 5.69 Å². The maximum Gasteiger partial charge on any atom is 0.244 e. The SMILES string of the molecule is CC(=O)N1CCC(N2CC(O)CC2c2nc(-c3cccc([NH+]([O-])O)c3)no2)CC1. The van der Waals surface area contributed by atoms with E-state index in [4.69, 9.17) is 4.52 Å². The summed E-state index contributed by atoms with van der Waals surface area (Å²) in [6.45, 7) is 3.52. The number of rotatable bonds is 4. The second kappa shape index (κ2) is 8.17. The van der Waals surface area contributed by atoms with E-state index in [2.05, 4.69) is 15.0 Å². The van der Waals surface area contributed by atoms with Crippen LogP contribution < -0.4 is 5.23 Å². The number of nitrogens with one attached hydrogen (secondary N) is 1. The standard InChI is InChI=1S/C19H25N5O5/c1-12(25)22-7-5-14(6-8-22)23-11-16(26)10-17(23)19-20-18(21-29-19)13-3-2-4-15(9-13)24(27)28/h2-4,9,14,16-17,24,26-27H,5-8,10-11H2,1H3. The molecule has 1 aromatic heterocycles. The van der Waals surface area contributed by atoms with Crippen LogP contribution in [0.25, 0.3) is 11.4 Å². The van der Waals surface area contributed by atoms with Crippen LogP contribution in [0.1, 0.15) is 38.1 Å². The lowest BCUT2D eigenvalue weighted by Gasteiger charge is -2.38. The van der Waals surface area contributed by atoms with Crippen LogP contribution in [-0.2, 0) is 4.79 Å². The molecule has 1 amide bonds. The van der Waals surface area contributed by atoms with Crippen molar-refractivity contribution in [2.75, 3.05) is 19.6 Å². The summed E-state index contributed by atoms with van der Waals surface area (Å²) in [6.07, 6.45) is 1.70. The summed E-state index contributed by atoms with van der Waals surface area (Å²) in [5, 5.41) is 33.6. The van der Waals surface area contributed by atoms with Crippen molar-refractivity contribution in [3.8, 4) is 11.4 Å². The average Bonchev–Trinajstić information content (AvgIpc) is 3.35. The fraction of sp³-hybridized carbons (Fsp3) is 0.526. The molecule has 2 fully saturated rings. The van der Waals surface area contributed by atoms with E-state index in [0.29, 0.717) is 43.3 Å². The molecule has 0 bridgehead atoms. The number of aliphatic hydroxyl groups excluding tert-OH is 1. The van der Waals surface area contributed by atoms with Gasteiger partial charge in [0.05, 0.1) is 12.1 Å². The van der Waals surface area contributed by atoms with Gasteiger partial charge in [-0.15, -0.1) is 0 Å². The highest BCUT2D eigenvalue weighted by molar-refractivity contribution is 5.73. The number of aromatic nitrogens is 2. The molecule has 0 radical (unpaired) electrons. The van der Waals surface area contributed by atoms with Crippen LogP contribution in [0.2, 0.25) is 0 Å². The number of hydrogen-bond acceptors (Lipinski definition) is 8. The maximum atomic E-state index is 11.6. The first-order chi connectivity index (χ1) is 13.9. The van der Waals surface area contributed by atoms with Gasteiger partial charge in [0.15, 0.2) is 5.69 Å². The minimum Gasteiger partial charge on any atom is -0.595 e. The molecule has 0 aliphatic carbocycles. The molecule has 3 heterocycles. The van der Waals surface area contributed by atoms with Crippen LogP contribution in [0.15, 0.2) is 28.8 Å². The van der Waals surface area contributed by atoms with Crippen LogP contribution in [-0.4, -0.2) is 67.9 Å². The largest absolute Gasteiger partial charge is 0.595 e. The second-order valence-electron chi connectivity index (χ2n) is 7.68. The van der Waals surface area contributed by atoms with E-state index in [-0.39, 0.29) is 23.7 Å². The molecule has 1 aromatic carbocycles. The van der Waals surface area contributed by atoms with Crippen LogP contribution >= 0.6 is 0 Å². The Kier molecular flexibility index (Phi) is 5.61. The number of aliphatic hydroxyl groups is 1. The van der Waals surface area contributed by atoms with Gasteiger partial charge in [0.1, 0.15) is 0 Å². The molecule has 3 N–H and O–H groups in total. The molecule has 0 saturated carbocycles. The van der Waals surface area contributed by atoms with E-state index in [1.807, 2.05) is 4.90 Å². The molecule has 3 unspecified atom stereocenters. The minimum absolute atomic E-state index is 0.0894. The van der Waals surface area contributed by atoms with Gasteiger partial charge < -0.3 is 19.7 Å². The number of piperidine rings is 1. The maximum absolute atomic E-state index is 11.6. The van der Waals surface area contributed by atoms with Crippen LogP contribution in [0.3, 0.4) is 0 Å². The molecule has 4 rings (SSSR count). The van der Waals surface area contributed by atoms with Gasteiger partial charge in [0.2, 0.25) is 17.6 Å². The third-order valence-electron chi connectivity index (χ3n) is 5.79. The lowest BCUT2D eigenvalue weighted by atomic mass is 10.0. The van der Waals surface area contributed by atoms with E-state index in [9.17, 15) is 20.3 Å². The number of quaternary nitrogens is 1. The van der Waals surface area contributed by atoms with Crippen molar-refractivity contribution in [1.82, 2.24) is 19.9 Å². The summed E-state index contributed by atoms with van der Waals surface area (Å²) in [6, 6.07) is 6.44. The molecule has 156 valence electrons. The molecule has 0 spiro atoms. The highest BCUT2D eigenvalue weighted by atomic mass is 16.8. The number of nitrogens with zero attached hydrogens (tertiary/aromatic N) is 4. The Morgan fingerprint density at radius 1 is 1.34 bits per heavy atom. The van der Waals surface area contributed by atoms with Crippen molar-refractivity contribution < 1.29 is 24.9 Å². The fourth-order valence-corrected chi connectivity index (χ4v) is 4.28. The van der Waals surface area contributed by atoms with Crippen molar-refractivity contribution >= 4 is 11.6 Å². The Hall–Kier alpha value is -2.37. The summed E-state index contributed by atoms with van der Waals surface area (Å²) >= 11 is 0.